The van der Waals surface area contributed by atoms with Crippen molar-refractivity contribution in [3.8, 4) is 0 Å². The second kappa shape index (κ2) is 6.22. The summed E-state index contributed by atoms with van der Waals surface area (Å²) in [5, 5.41) is 8.72. The van der Waals surface area contributed by atoms with E-state index in [4.69, 9.17) is 9.84 Å². The van der Waals surface area contributed by atoms with Gasteiger partial charge in [-0.3, -0.25) is 9.59 Å². The first-order valence-electron chi connectivity index (χ1n) is 7.23. The number of fused-ring (bicyclic) bond motifs is 2. The Hall–Kier alpha value is -2.30. The first-order valence-corrected chi connectivity index (χ1v) is 7.23. The molecule has 1 aliphatic carbocycles. The molecule has 0 atom stereocenters. The molecule has 0 aliphatic heterocycles. The van der Waals surface area contributed by atoms with Crippen LogP contribution < -0.4 is 0 Å². The molecule has 1 aliphatic rings. The molecule has 2 aromatic rings. The average molecular weight is 296 g/mol. The summed E-state index contributed by atoms with van der Waals surface area (Å²) < 4.78 is 5.26. The Bertz CT molecular complexity index is 734. The summed E-state index contributed by atoms with van der Waals surface area (Å²) in [7, 11) is 0. The lowest BCUT2D eigenvalue weighted by atomic mass is 9.81. The highest BCUT2D eigenvalue weighted by molar-refractivity contribution is 6.28. The Labute approximate surface area is 128 Å². The van der Waals surface area contributed by atoms with Crippen molar-refractivity contribution in [2.24, 2.45) is 0 Å². The number of hydrogen-bond acceptors (Lipinski definition) is 4. The summed E-state index contributed by atoms with van der Waals surface area (Å²) >= 11 is 0. The number of aliphatic hydroxyl groups is 1. The SMILES string of the molecule is O=C1c2ccccc2C(=O)c2c(CCOCCO)cccc21. The van der Waals surface area contributed by atoms with Gasteiger partial charge in [-0.15, -0.1) is 0 Å². The third-order valence-corrected chi connectivity index (χ3v) is 3.79. The number of benzene rings is 2. The fourth-order valence-corrected chi connectivity index (χ4v) is 2.77. The minimum Gasteiger partial charge on any atom is -0.394 e. The van der Waals surface area contributed by atoms with E-state index in [0.29, 0.717) is 35.3 Å². The van der Waals surface area contributed by atoms with E-state index in [1.807, 2.05) is 6.07 Å². The molecule has 0 radical (unpaired) electrons. The van der Waals surface area contributed by atoms with Gasteiger partial charge in [0.25, 0.3) is 0 Å². The van der Waals surface area contributed by atoms with Crippen LogP contribution in [0.4, 0.5) is 0 Å². The summed E-state index contributed by atoms with van der Waals surface area (Å²) in [6.07, 6.45) is 0.532. The van der Waals surface area contributed by atoms with E-state index in [0.717, 1.165) is 5.56 Å². The van der Waals surface area contributed by atoms with E-state index in [1.165, 1.54) is 0 Å². The first kappa shape index (κ1) is 14.6. The second-order valence-corrected chi connectivity index (χ2v) is 5.13. The van der Waals surface area contributed by atoms with E-state index in [9.17, 15) is 9.59 Å². The predicted molar refractivity (Wildman–Crippen MR) is 81.4 cm³/mol. The van der Waals surface area contributed by atoms with Gasteiger partial charge in [-0.2, -0.15) is 0 Å². The molecule has 0 saturated carbocycles. The molecule has 1 N–H and O–H groups in total. The van der Waals surface area contributed by atoms with Crippen molar-refractivity contribution in [1.29, 1.82) is 0 Å². The average Bonchev–Trinajstić information content (AvgIpc) is 2.56. The maximum atomic E-state index is 12.7. The van der Waals surface area contributed by atoms with Crippen LogP contribution in [-0.2, 0) is 11.2 Å². The number of ether oxygens (including phenoxy) is 1. The number of carbonyl (C=O) groups excluding carboxylic acids is 2. The molecule has 4 nitrogen and oxygen atoms in total. The molecule has 0 saturated heterocycles. The molecular weight excluding hydrogens is 280 g/mol. The van der Waals surface area contributed by atoms with Gasteiger partial charge in [0.2, 0.25) is 0 Å². The zero-order valence-electron chi connectivity index (χ0n) is 12.0. The Morgan fingerprint density at radius 2 is 1.50 bits per heavy atom. The van der Waals surface area contributed by atoms with Gasteiger partial charge in [0.15, 0.2) is 11.6 Å². The fraction of sp³-hybridized carbons (Fsp3) is 0.222. The molecule has 0 fully saturated rings. The van der Waals surface area contributed by atoms with Gasteiger partial charge in [0.05, 0.1) is 19.8 Å². The van der Waals surface area contributed by atoms with Crippen molar-refractivity contribution in [2.75, 3.05) is 19.8 Å². The second-order valence-electron chi connectivity index (χ2n) is 5.13. The van der Waals surface area contributed by atoms with Crippen LogP contribution in [-0.4, -0.2) is 36.5 Å². The minimum atomic E-state index is -0.108. The van der Waals surface area contributed by atoms with Crippen LogP contribution >= 0.6 is 0 Å². The Kier molecular flexibility index (Phi) is 4.13. The molecule has 22 heavy (non-hydrogen) atoms. The smallest absolute Gasteiger partial charge is 0.194 e. The molecule has 0 heterocycles. The van der Waals surface area contributed by atoms with Crippen molar-refractivity contribution in [2.45, 2.75) is 6.42 Å². The van der Waals surface area contributed by atoms with Crippen LogP contribution in [0.2, 0.25) is 0 Å². The first-order chi connectivity index (χ1) is 10.7. The van der Waals surface area contributed by atoms with Crippen molar-refractivity contribution in [1.82, 2.24) is 0 Å². The molecule has 0 bridgehead atoms. The van der Waals surface area contributed by atoms with Crippen LogP contribution in [0.15, 0.2) is 42.5 Å². The highest BCUT2D eigenvalue weighted by Crippen LogP contribution is 2.29. The fourth-order valence-electron chi connectivity index (χ4n) is 2.77. The molecule has 0 amide bonds. The van der Waals surface area contributed by atoms with E-state index >= 15 is 0 Å². The molecule has 0 unspecified atom stereocenters. The van der Waals surface area contributed by atoms with E-state index in [-0.39, 0.29) is 24.8 Å². The summed E-state index contributed by atoms with van der Waals surface area (Å²) in [6.45, 7) is 0.641. The van der Waals surface area contributed by atoms with Crippen LogP contribution in [0.5, 0.6) is 0 Å². The van der Waals surface area contributed by atoms with Crippen molar-refractivity contribution < 1.29 is 19.4 Å². The highest BCUT2D eigenvalue weighted by atomic mass is 16.5. The van der Waals surface area contributed by atoms with Gasteiger partial charge in [0.1, 0.15) is 0 Å². The Balaban J connectivity index is 1.98. The Morgan fingerprint density at radius 1 is 0.818 bits per heavy atom. The van der Waals surface area contributed by atoms with E-state index < -0.39 is 0 Å². The zero-order chi connectivity index (χ0) is 15.5. The number of rotatable bonds is 5. The highest BCUT2D eigenvalue weighted by Gasteiger charge is 2.30. The molecule has 112 valence electrons. The number of ketones is 2. The molecule has 3 rings (SSSR count). The van der Waals surface area contributed by atoms with Gasteiger partial charge >= 0.3 is 0 Å². The van der Waals surface area contributed by atoms with Crippen LogP contribution in [0, 0.1) is 0 Å². The van der Waals surface area contributed by atoms with Crippen molar-refractivity contribution >= 4 is 11.6 Å². The van der Waals surface area contributed by atoms with Gasteiger partial charge < -0.3 is 9.84 Å². The zero-order valence-corrected chi connectivity index (χ0v) is 12.0. The third-order valence-electron chi connectivity index (χ3n) is 3.79. The largest absolute Gasteiger partial charge is 0.394 e. The van der Waals surface area contributed by atoms with E-state index in [1.54, 1.807) is 36.4 Å². The molecular formula is C18H16O4. The minimum absolute atomic E-state index is 0.0301. The maximum absolute atomic E-state index is 12.7. The number of aliphatic hydroxyl groups excluding tert-OH is 1. The van der Waals surface area contributed by atoms with Crippen molar-refractivity contribution in [3.63, 3.8) is 0 Å². The lowest BCUT2D eigenvalue weighted by molar-refractivity contribution is 0.0934. The Morgan fingerprint density at radius 3 is 2.23 bits per heavy atom. The summed E-state index contributed by atoms with van der Waals surface area (Å²) in [5.41, 5.74) is 2.68. The topological polar surface area (TPSA) is 63.6 Å². The number of hydrogen-bond donors (Lipinski definition) is 1. The molecule has 0 spiro atoms. The maximum Gasteiger partial charge on any atom is 0.194 e. The molecule has 0 aromatic heterocycles. The summed E-state index contributed by atoms with van der Waals surface area (Å²) in [4.78, 5) is 25.3. The summed E-state index contributed by atoms with van der Waals surface area (Å²) in [5.74, 6) is -0.216. The van der Waals surface area contributed by atoms with Gasteiger partial charge in [0, 0.05) is 22.3 Å². The van der Waals surface area contributed by atoms with Crippen LogP contribution in [0.25, 0.3) is 0 Å². The quantitative estimate of drug-likeness (QED) is 0.732. The number of carbonyl (C=O) groups is 2. The predicted octanol–water partition coefficient (Wildman–Crippen LogP) is 2.01. The van der Waals surface area contributed by atoms with Crippen LogP contribution in [0.3, 0.4) is 0 Å². The van der Waals surface area contributed by atoms with Gasteiger partial charge in [-0.1, -0.05) is 42.5 Å². The standard InChI is InChI=1S/C18H16O4/c19-9-11-22-10-8-12-4-3-7-15-16(12)18(21)14-6-2-1-5-13(14)17(15)20/h1-7,19H,8-11H2. The van der Waals surface area contributed by atoms with Crippen LogP contribution in [0.1, 0.15) is 37.4 Å². The normalized spacial score (nSPS) is 13.0. The third kappa shape index (κ3) is 2.47. The summed E-state index contributed by atoms with van der Waals surface area (Å²) in [6, 6.07) is 12.2. The van der Waals surface area contributed by atoms with Crippen molar-refractivity contribution in [3.05, 3.63) is 70.3 Å². The van der Waals surface area contributed by atoms with Gasteiger partial charge in [-0.25, -0.2) is 0 Å². The lowest BCUT2D eigenvalue weighted by Crippen LogP contribution is -2.23. The van der Waals surface area contributed by atoms with E-state index in [2.05, 4.69) is 0 Å². The lowest BCUT2D eigenvalue weighted by Gasteiger charge is -2.20. The molecule has 2 aromatic carbocycles. The van der Waals surface area contributed by atoms with Gasteiger partial charge in [-0.05, 0) is 12.0 Å². The molecule has 4 heteroatoms. The monoisotopic (exact) mass is 296 g/mol.